The molecule has 39 heavy (non-hydrogen) atoms. The van der Waals surface area contributed by atoms with Crippen molar-refractivity contribution < 1.29 is 9.53 Å². The maximum Gasteiger partial charge on any atom is 0.305 e. The molecule has 1 aliphatic carbocycles. The van der Waals surface area contributed by atoms with Crippen LogP contribution < -0.4 is 0 Å². The van der Waals surface area contributed by atoms with Gasteiger partial charge in [0, 0.05) is 19.5 Å². The van der Waals surface area contributed by atoms with Gasteiger partial charge in [-0.25, -0.2) is 0 Å². The Balaban J connectivity index is 1.74. The van der Waals surface area contributed by atoms with Crippen LogP contribution in [0, 0.1) is 17.8 Å². The van der Waals surface area contributed by atoms with Crippen LogP contribution in [0.25, 0.3) is 0 Å². The lowest BCUT2D eigenvalue weighted by Crippen LogP contribution is -2.30. The Kier molecular flexibility index (Phi) is 23.5. The highest BCUT2D eigenvalue weighted by Crippen LogP contribution is 2.45. The molecule has 0 aromatic rings. The number of carbonyl (C=O) groups is 1. The monoisotopic (exact) mass is 551 g/mol. The van der Waals surface area contributed by atoms with Crippen LogP contribution in [0.4, 0.5) is 0 Å². The molecule has 0 amide bonds. The van der Waals surface area contributed by atoms with Crippen molar-refractivity contribution in [3.63, 3.8) is 0 Å². The summed E-state index contributed by atoms with van der Waals surface area (Å²) in [5, 5.41) is 0. The Morgan fingerprint density at radius 2 is 1.00 bits per heavy atom. The standard InChI is InChI=1S/C35H70N2O2/c1-6-39-35(38)28-24-27-34-29-33(34)26-23-21-19-17-15-13-11-9-7-8-10-12-14-16-18-20-22-25-32(30-36(2)3)31-37(4)5/h32-34H,6-31H2,1-5H3. The van der Waals surface area contributed by atoms with Crippen LogP contribution in [0.2, 0.25) is 0 Å². The van der Waals surface area contributed by atoms with Gasteiger partial charge in [-0.1, -0.05) is 116 Å². The second kappa shape index (κ2) is 25.1. The molecule has 0 heterocycles. The minimum atomic E-state index is -0.0119. The maximum absolute atomic E-state index is 11.4. The minimum absolute atomic E-state index is 0.0119. The summed E-state index contributed by atoms with van der Waals surface area (Å²) in [6.07, 6.45) is 31.7. The molecule has 0 aromatic carbocycles. The van der Waals surface area contributed by atoms with Crippen molar-refractivity contribution in [1.82, 2.24) is 9.80 Å². The second-order valence-corrected chi connectivity index (χ2v) is 13.4. The van der Waals surface area contributed by atoms with E-state index in [0.29, 0.717) is 13.0 Å². The van der Waals surface area contributed by atoms with Crippen LogP contribution in [-0.2, 0) is 9.53 Å². The summed E-state index contributed by atoms with van der Waals surface area (Å²) >= 11 is 0. The molecular weight excluding hydrogens is 480 g/mol. The first kappa shape index (κ1) is 36.4. The van der Waals surface area contributed by atoms with Gasteiger partial charge >= 0.3 is 5.97 Å². The number of ether oxygens (including phenoxy) is 1. The quantitative estimate of drug-likeness (QED) is 0.0685. The zero-order chi connectivity index (χ0) is 28.6. The van der Waals surface area contributed by atoms with Gasteiger partial charge in [-0.2, -0.15) is 0 Å². The fourth-order valence-corrected chi connectivity index (χ4v) is 6.52. The molecule has 1 rings (SSSR count). The Morgan fingerprint density at radius 1 is 0.615 bits per heavy atom. The van der Waals surface area contributed by atoms with E-state index < -0.39 is 0 Å². The van der Waals surface area contributed by atoms with Gasteiger partial charge in [0.1, 0.15) is 0 Å². The molecule has 232 valence electrons. The molecule has 0 spiro atoms. The molecule has 0 bridgehead atoms. The Morgan fingerprint density at radius 3 is 1.41 bits per heavy atom. The fourth-order valence-electron chi connectivity index (χ4n) is 6.52. The van der Waals surface area contributed by atoms with E-state index in [1.54, 1.807) is 0 Å². The van der Waals surface area contributed by atoms with E-state index in [1.165, 1.54) is 148 Å². The van der Waals surface area contributed by atoms with E-state index in [-0.39, 0.29) is 5.97 Å². The fraction of sp³-hybridized carbons (Fsp3) is 0.971. The number of carbonyl (C=O) groups excluding carboxylic acids is 1. The lowest BCUT2D eigenvalue weighted by Gasteiger charge is -2.24. The number of esters is 1. The largest absolute Gasteiger partial charge is 0.466 e. The summed E-state index contributed by atoms with van der Waals surface area (Å²) in [5.74, 6) is 2.69. The zero-order valence-corrected chi connectivity index (χ0v) is 27.3. The Hall–Kier alpha value is -0.610. The SMILES string of the molecule is CCOC(=O)CCCC1CC1CCCCCCCCCCCCCCCCCCCC(CN(C)C)CN(C)C. The smallest absolute Gasteiger partial charge is 0.305 e. The maximum atomic E-state index is 11.4. The van der Waals surface area contributed by atoms with Crippen molar-refractivity contribution >= 4 is 5.97 Å². The van der Waals surface area contributed by atoms with Crippen LogP contribution in [0.3, 0.4) is 0 Å². The average molecular weight is 551 g/mol. The van der Waals surface area contributed by atoms with Gasteiger partial charge in [0.25, 0.3) is 0 Å². The van der Waals surface area contributed by atoms with E-state index in [2.05, 4.69) is 38.0 Å². The van der Waals surface area contributed by atoms with Crippen molar-refractivity contribution in [3.8, 4) is 0 Å². The summed E-state index contributed by atoms with van der Waals surface area (Å²) in [7, 11) is 8.82. The lowest BCUT2D eigenvalue weighted by molar-refractivity contribution is -0.143. The van der Waals surface area contributed by atoms with Crippen molar-refractivity contribution in [1.29, 1.82) is 0 Å². The van der Waals surface area contributed by atoms with Crippen LogP contribution in [0.15, 0.2) is 0 Å². The molecule has 4 heteroatoms. The number of hydrogen-bond acceptors (Lipinski definition) is 4. The summed E-state index contributed by atoms with van der Waals surface area (Å²) in [6, 6.07) is 0. The van der Waals surface area contributed by atoms with E-state index in [1.807, 2.05) is 6.92 Å². The summed E-state index contributed by atoms with van der Waals surface area (Å²) in [5.41, 5.74) is 0. The van der Waals surface area contributed by atoms with Crippen LogP contribution in [0.1, 0.15) is 155 Å². The lowest BCUT2D eigenvalue weighted by atomic mass is 9.99. The zero-order valence-electron chi connectivity index (χ0n) is 27.3. The van der Waals surface area contributed by atoms with Crippen molar-refractivity contribution in [2.45, 2.75) is 155 Å². The third-order valence-corrected chi connectivity index (χ3v) is 8.76. The molecule has 0 aromatic heterocycles. The molecule has 1 fully saturated rings. The van der Waals surface area contributed by atoms with Gasteiger partial charge in [-0.3, -0.25) is 4.79 Å². The predicted molar refractivity (Wildman–Crippen MR) is 170 cm³/mol. The molecule has 0 radical (unpaired) electrons. The molecule has 1 aliphatic rings. The molecule has 4 nitrogen and oxygen atoms in total. The van der Waals surface area contributed by atoms with E-state index in [0.717, 1.165) is 24.2 Å². The van der Waals surface area contributed by atoms with Crippen LogP contribution in [-0.4, -0.2) is 63.7 Å². The van der Waals surface area contributed by atoms with Gasteiger partial charge < -0.3 is 14.5 Å². The first-order valence-corrected chi connectivity index (χ1v) is 17.4. The van der Waals surface area contributed by atoms with Crippen LogP contribution in [0.5, 0.6) is 0 Å². The summed E-state index contributed by atoms with van der Waals surface area (Å²) in [4.78, 5) is 16.1. The van der Waals surface area contributed by atoms with Gasteiger partial charge in [-0.15, -0.1) is 0 Å². The molecule has 0 N–H and O–H groups in total. The highest BCUT2D eigenvalue weighted by Gasteiger charge is 2.35. The number of rotatable bonds is 29. The molecule has 2 atom stereocenters. The van der Waals surface area contributed by atoms with Crippen molar-refractivity contribution in [2.75, 3.05) is 47.9 Å². The second-order valence-electron chi connectivity index (χ2n) is 13.4. The summed E-state index contributed by atoms with van der Waals surface area (Å²) in [6.45, 7) is 4.85. The number of nitrogens with zero attached hydrogens (tertiary/aromatic N) is 2. The summed E-state index contributed by atoms with van der Waals surface area (Å²) < 4.78 is 5.02. The minimum Gasteiger partial charge on any atom is -0.466 e. The van der Waals surface area contributed by atoms with Gasteiger partial charge in [0.2, 0.25) is 0 Å². The average Bonchev–Trinajstić information content (AvgIpc) is 3.62. The normalized spacial score (nSPS) is 17.0. The van der Waals surface area contributed by atoms with Crippen LogP contribution >= 0.6 is 0 Å². The first-order chi connectivity index (χ1) is 18.9. The predicted octanol–water partition coefficient (Wildman–Crippen LogP) is 9.51. The number of unbranched alkanes of at least 4 members (excludes halogenated alkanes) is 16. The molecule has 1 saturated carbocycles. The van der Waals surface area contributed by atoms with E-state index >= 15 is 0 Å². The number of hydrogen-bond donors (Lipinski definition) is 0. The topological polar surface area (TPSA) is 32.8 Å². The third kappa shape index (κ3) is 23.8. The van der Waals surface area contributed by atoms with Gasteiger partial charge in [0.05, 0.1) is 6.61 Å². The molecular formula is C35H70N2O2. The Labute approximate surface area is 245 Å². The van der Waals surface area contributed by atoms with Gasteiger partial charge in [0.15, 0.2) is 0 Å². The van der Waals surface area contributed by atoms with E-state index in [9.17, 15) is 4.79 Å². The first-order valence-electron chi connectivity index (χ1n) is 17.4. The molecule has 2 unspecified atom stereocenters. The van der Waals surface area contributed by atoms with Crippen molar-refractivity contribution in [2.24, 2.45) is 17.8 Å². The molecule has 0 saturated heterocycles. The Bertz CT molecular complexity index is 541. The molecule has 0 aliphatic heterocycles. The van der Waals surface area contributed by atoms with Crippen molar-refractivity contribution in [3.05, 3.63) is 0 Å². The highest BCUT2D eigenvalue weighted by molar-refractivity contribution is 5.69. The third-order valence-electron chi connectivity index (χ3n) is 8.76. The highest BCUT2D eigenvalue weighted by atomic mass is 16.5. The van der Waals surface area contributed by atoms with Gasteiger partial charge in [-0.05, 0) is 78.6 Å². The van der Waals surface area contributed by atoms with E-state index in [4.69, 9.17) is 4.74 Å².